The lowest BCUT2D eigenvalue weighted by molar-refractivity contribution is 0.172. The summed E-state index contributed by atoms with van der Waals surface area (Å²) in [4.78, 5) is 0. The monoisotopic (exact) mass is 267 g/mol. The van der Waals surface area contributed by atoms with Gasteiger partial charge in [0.15, 0.2) is 5.11 Å². The van der Waals surface area contributed by atoms with Crippen LogP contribution < -0.4 is 15.9 Å². The van der Waals surface area contributed by atoms with Gasteiger partial charge in [-0.15, -0.1) is 0 Å². The summed E-state index contributed by atoms with van der Waals surface area (Å²) in [6.45, 7) is 1.35. The summed E-state index contributed by atoms with van der Waals surface area (Å²) >= 11 is 4.62. The molecule has 0 saturated carbocycles. The van der Waals surface area contributed by atoms with Gasteiger partial charge in [0, 0.05) is 20.1 Å². The molecule has 1 rings (SSSR count). The molecule has 0 spiro atoms. The molecule has 0 amide bonds. The molecule has 1 aromatic carbocycles. The van der Waals surface area contributed by atoms with Gasteiger partial charge in [-0.2, -0.15) is 5.10 Å². The molecule has 0 aliphatic rings. The third kappa shape index (κ3) is 6.17. The molecule has 18 heavy (non-hydrogen) atoms. The van der Waals surface area contributed by atoms with Crippen LogP contribution in [0.4, 0.5) is 0 Å². The van der Waals surface area contributed by atoms with Crippen molar-refractivity contribution in [3.05, 3.63) is 29.8 Å². The van der Waals surface area contributed by atoms with E-state index < -0.39 is 0 Å². The van der Waals surface area contributed by atoms with Crippen LogP contribution in [0.25, 0.3) is 0 Å². The van der Waals surface area contributed by atoms with E-state index in [9.17, 15) is 0 Å². The standard InChI is InChI=1S/C12H17N3O2S/c1-16-7-2-8-17-11-5-3-10(4-6-11)9-14-15-12(13)18/h3-6,9H,2,7-8H2,1H3,(H3,13,15,18). The topological polar surface area (TPSA) is 68.9 Å². The van der Waals surface area contributed by atoms with Gasteiger partial charge in [-0.05, 0) is 42.0 Å². The Kier molecular flexibility index (Phi) is 6.75. The second-order valence-electron chi connectivity index (χ2n) is 3.50. The van der Waals surface area contributed by atoms with E-state index in [1.54, 1.807) is 13.3 Å². The van der Waals surface area contributed by atoms with Crippen LogP contribution in [0.15, 0.2) is 29.4 Å². The van der Waals surface area contributed by atoms with Crippen LogP contribution in [0.1, 0.15) is 12.0 Å². The molecule has 0 unspecified atom stereocenters. The summed E-state index contributed by atoms with van der Waals surface area (Å²) in [5.41, 5.74) is 8.66. The minimum Gasteiger partial charge on any atom is -0.494 e. The lowest BCUT2D eigenvalue weighted by Crippen LogP contribution is -2.23. The lowest BCUT2D eigenvalue weighted by atomic mass is 10.2. The molecule has 0 saturated heterocycles. The quantitative estimate of drug-likeness (QED) is 0.337. The summed E-state index contributed by atoms with van der Waals surface area (Å²) in [6, 6.07) is 7.57. The van der Waals surface area contributed by atoms with Crippen molar-refractivity contribution in [1.82, 2.24) is 5.43 Å². The van der Waals surface area contributed by atoms with Gasteiger partial charge in [0.25, 0.3) is 0 Å². The van der Waals surface area contributed by atoms with Crippen molar-refractivity contribution in [3.63, 3.8) is 0 Å². The third-order valence-corrected chi connectivity index (χ3v) is 2.12. The fourth-order valence-electron chi connectivity index (χ4n) is 1.21. The minimum atomic E-state index is 0.143. The normalized spacial score (nSPS) is 10.5. The molecule has 0 aromatic heterocycles. The van der Waals surface area contributed by atoms with Crippen molar-refractivity contribution >= 4 is 23.5 Å². The Morgan fingerprint density at radius 1 is 1.39 bits per heavy atom. The molecule has 98 valence electrons. The largest absolute Gasteiger partial charge is 0.494 e. The molecular formula is C12H17N3O2S. The summed E-state index contributed by atoms with van der Waals surface area (Å²) in [6.07, 6.45) is 2.51. The van der Waals surface area contributed by atoms with Gasteiger partial charge in [-0.1, -0.05) is 0 Å². The number of ether oxygens (including phenoxy) is 2. The molecule has 1 aromatic rings. The van der Waals surface area contributed by atoms with Crippen LogP contribution in [0, 0.1) is 0 Å². The molecule has 0 radical (unpaired) electrons. The Hall–Kier alpha value is -1.66. The summed E-state index contributed by atoms with van der Waals surface area (Å²) in [7, 11) is 1.68. The van der Waals surface area contributed by atoms with E-state index in [0.717, 1.165) is 17.7 Å². The van der Waals surface area contributed by atoms with Crippen molar-refractivity contribution in [2.45, 2.75) is 6.42 Å². The number of hydrogen-bond acceptors (Lipinski definition) is 4. The summed E-state index contributed by atoms with van der Waals surface area (Å²) in [5, 5.41) is 4.00. The van der Waals surface area contributed by atoms with Crippen LogP contribution in [0.5, 0.6) is 5.75 Å². The van der Waals surface area contributed by atoms with Crippen LogP contribution in [-0.4, -0.2) is 31.7 Å². The number of nitrogens with zero attached hydrogens (tertiary/aromatic N) is 1. The van der Waals surface area contributed by atoms with Gasteiger partial charge < -0.3 is 15.2 Å². The molecule has 0 atom stereocenters. The molecule has 0 heterocycles. The van der Waals surface area contributed by atoms with Gasteiger partial charge in [-0.3, -0.25) is 5.43 Å². The molecule has 0 aliphatic heterocycles. The number of hydrazone groups is 1. The SMILES string of the molecule is COCCCOc1ccc(C=NNC(N)=S)cc1. The van der Waals surface area contributed by atoms with Crippen molar-refractivity contribution in [2.75, 3.05) is 20.3 Å². The molecule has 0 aliphatic carbocycles. The first kappa shape index (κ1) is 14.4. The number of nitrogens with two attached hydrogens (primary N) is 1. The highest BCUT2D eigenvalue weighted by Crippen LogP contribution is 2.11. The van der Waals surface area contributed by atoms with E-state index in [2.05, 4.69) is 22.7 Å². The van der Waals surface area contributed by atoms with Crippen LogP contribution in [0.2, 0.25) is 0 Å². The molecule has 6 heteroatoms. The molecule has 5 nitrogen and oxygen atoms in total. The highest BCUT2D eigenvalue weighted by atomic mass is 32.1. The van der Waals surface area contributed by atoms with Gasteiger partial charge in [0.1, 0.15) is 5.75 Å². The van der Waals surface area contributed by atoms with Crippen molar-refractivity contribution in [3.8, 4) is 5.75 Å². The average molecular weight is 267 g/mol. The number of methoxy groups -OCH3 is 1. The van der Waals surface area contributed by atoms with Gasteiger partial charge in [0.2, 0.25) is 0 Å². The first-order valence-corrected chi connectivity index (χ1v) is 5.93. The van der Waals surface area contributed by atoms with Crippen molar-refractivity contribution < 1.29 is 9.47 Å². The van der Waals surface area contributed by atoms with Crippen LogP contribution in [-0.2, 0) is 4.74 Å². The highest BCUT2D eigenvalue weighted by molar-refractivity contribution is 7.80. The molecule has 3 N–H and O–H groups in total. The maximum Gasteiger partial charge on any atom is 0.184 e. The third-order valence-electron chi connectivity index (χ3n) is 2.03. The average Bonchev–Trinajstić information content (AvgIpc) is 2.36. The van der Waals surface area contributed by atoms with Crippen molar-refractivity contribution in [2.24, 2.45) is 10.8 Å². The molecular weight excluding hydrogens is 250 g/mol. The number of nitrogens with one attached hydrogen (secondary N) is 1. The maximum atomic E-state index is 5.52. The number of hydrogen-bond donors (Lipinski definition) is 2. The van der Waals surface area contributed by atoms with E-state index in [-0.39, 0.29) is 5.11 Å². The summed E-state index contributed by atoms with van der Waals surface area (Å²) in [5.74, 6) is 0.825. The van der Waals surface area contributed by atoms with Gasteiger partial charge in [0.05, 0.1) is 12.8 Å². The number of benzene rings is 1. The van der Waals surface area contributed by atoms with E-state index in [1.807, 2.05) is 24.3 Å². The Labute approximate surface area is 112 Å². The van der Waals surface area contributed by atoms with E-state index in [0.29, 0.717) is 13.2 Å². The Morgan fingerprint density at radius 3 is 2.72 bits per heavy atom. The summed E-state index contributed by atoms with van der Waals surface area (Å²) < 4.78 is 10.5. The second-order valence-corrected chi connectivity index (χ2v) is 3.94. The predicted octanol–water partition coefficient (Wildman–Crippen LogP) is 1.27. The smallest absolute Gasteiger partial charge is 0.184 e. The van der Waals surface area contributed by atoms with Crippen LogP contribution in [0.3, 0.4) is 0 Å². The molecule has 0 fully saturated rings. The first-order valence-electron chi connectivity index (χ1n) is 5.52. The highest BCUT2D eigenvalue weighted by Gasteiger charge is 1.94. The number of thiocarbonyl (C=S) groups is 1. The maximum absolute atomic E-state index is 5.52. The fraction of sp³-hybridized carbons (Fsp3) is 0.333. The predicted molar refractivity (Wildman–Crippen MR) is 75.9 cm³/mol. The minimum absolute atomic E-state index is 0.143. The Balaban J connectivity index is 2.37. The Bertz CT molecular complexity index is 393. The molecule has 0 bridgehead atoms. The Morgan fingerprint density at radius 2 is 2.11 bits per heavy atom. The van der Waals surface area contributed by atoms with E-state index in [1.165, 1.54) is 0 Å². The second kappa shape index (κ2) is 8.43. The van der Waals surface area contributed by atoms with Crippen molar-refractivity contribution in [1.29, 1.82) is 0 Å². The van der Waals surface area contributed by atoms with Gasteiger partial charge in [-0.25, -0.2) is 0 Å². The fourth-order valence-corrected chi connectivity index (χ4v) is 1.27. The zero-order valence-corrected chi connectivity index (χ0v) is 11.1. The zero-order valence-electron chi connectivity index (χ0n) is 10.3. The lowest BCUT2D eigenvalue weighted by Gasteiger charge is -2.05. The first-order chi connectivity index (χ1) is 8.72. The van der Waals surface area contributed by atoms with Gasteiger partial charge >= 0.3 is 0 Å². The van der Waals surface area contributed by atoms with Crippen LogP contribution >= 0.6 is 12.2 Å². The van der Waals surface area contributed by atoms with E-state index in [4.69, 9.17) is 15.2 Å². The number of rotatable bonds is 7. The zero-order chi connectivity index (χ0) is 13.2. The van der Waals surface area contributed by atoms with E-state index >= 15 is 0 Å².